The number of carboxylic acids is 2. The van der Waals surface area contributed by atoms with E-state index >= 15 is 9.59 Å². The average molecular weight is 1370 g/mol. The molecule has 5 aromatic rings. The summed E-state index contributed by atoms with van der Waals surface area (Å²) in [5, 5.41) is 60.2. The van der Waals surface area contributed by atoms with Crippen LogP contribution in [0.2, 0.25) is 0 Å². The van der Waals surface area contributed by atoms with Crippen molar-refractivity contribution >= 4 is 86.6 Å². The van der Waals surface area contributed by atoms with E-state index in [1.165, 1.54) is 18.9 Å². The molecule has 2 saturated heterocycles. The average Bonchev–Trinajstić information content (AvgIpc) is 1.70. The minimum atomic E-state index is -1.75. The summed E-state index contributed by atoms with van der Waals surface area (Å²) in [7, 11) is 3.10. The number of rotatable bonds is 15. The Labute approximate surface area is 574 Å². The number of nitrogens with zero attached hydrogens (tertiary/aromatic N) is 2. The molecule has 99 heavy (non-hydrogen) atoms. The first kappa shape index (κ1) is 75.0. The number of nitrogens with one attached hydrogen (secondary N) is 9. The van der Waals surface area contributed by atoms with Crippen molar-refractivity contribution in [2.24, 2.45) is 5.41 Å². The summed E-state index contributed by atoms with van der Waals surface area (Å²) in [6.07, 6.45) is -0.928. The standard InChI is InChI=1S/C72H91N11O16/c1-40(73-7)62(86)80-60(42(3)84)68(92)83-39-52-37-58(83)67(91)78-54(34-44-19-23-46-15-9-11-17-48(46)31-44)64(88)76-53(70(94)95)27-28-59(85)75-50-36-57(82(38-50)69(93)61(72(4,5)6)81-63(87)41(2)74-8)66(90)77-55(35-45-20-24-47-16-10-12-18-49(47)32-45)65(89)79-56(71(96)97)33-43-21-25-51(26-22-43)98-29-13-14-30-99-52/h9-26,31-32,40-42,50,52-58,60-61,73-74,84H,27-30,33-39H2,1-8H3,(H,75,85)(H,76,88)(H,77,90)(H,78,91)(H,79,89)(H,80,86)(H,81,87)(H,94,95)(H,96,97)/b14-13+/t40-,41-,42-,50-,52-,53-,54-,55-,56-,57-,58-,60-,61+/m0/s1. The van der Waals surface area contributed by atoms with Gasteiger partial charge in [0.25, 0.3) is 0 Å². The first-order chi connectivity index (χ1) is 47.1. The fraction of sp³-hybridized carbons (Fsp3) is 0.458. The normalized spacial score (nSPS) is 23.7. The van der Waals surface area contributed by atoms with Crippen LogP contribution in [0.3, 0.4) is 0 Å². The van der Waals surface area contributed by atoms with Crippen LogP contribution < -0.4 is 52.6 Å². The third-order valence-electron chi connectivity index (χ3n) is 18.2. The van der Waals surface area contributed by atoms with Crippen LogP contribution in [0.4, 0.5) is 0 Å². The third-order valence-corrected chi connectivity index (χ3v) is 18.2. The van der Waals surface area contributed by atoms with Crippen molar-refractivity contribution < 1.29 is 77.5 Å². The summed E-state index contributed by atoms with van der Waals surface area (Å²) < 4.78 is 12.1. The van der Waals surface area contributed by atoms with Gasteiger partial charge in [-0.25, -0.2) is 9.59 Å². The zero-order valence-corrected chi connectivity index (χ0v) is 56.9. The van der Waals surface area contributed by atoms with Crippen LogP contribution in [-0.2, 0) is 76.7 Å². The quantitative estimate of drug-likeness (QED) is 0.0662. The van der Waals surface area contributed by atoms with Crippen molar-refractivity contribution in [1.82, 2.24) is 57.7 Å². The lowest BCUT2D eigenvalue weighted by Crippen LogP contribution is -2.61. The summed E-state index contributed by atoms with van der Waals surface area (Å²) in [5.41, 5.74) is 0.676. The maximum Gasteiger partial charge on any atom is 0.326 e. The van der Waals surface area contributed by atoms with Gasteiger partial charge in [0.05, 0.1) is 30.9 Å². The Hall–Kier alpha value is -9.83. The van der Waals surface area contributed by atoms with Gasteiger partial charge in [-0.15, -0.1) is 0 Å². The van der Waals surface area contributed by atoms with Crippen molar-refractivity contribution in [3.63, 3.8) is 0 Å². The largest absolute Gasteiger partial charge is 0.490 e. The molecule has 4 heterocycles. The molecular formula is C72H91N11O16. The highest BCUT2D eigenvalue weighted by Gasteiger charge is 2.48. The van der Waals surface area contributed by atoms with Crippen molar-refractivity contribution in [2.45, 2.75) is 165 Å². The van der Waals surface area contributed by atoms with Crippen molar-refractivity contribution in [3.8, 4) is 5.75 Å². The highest BCUT2D eigenvalue weighted by atomic mass is 16.5. The number of ether oxygens (including phenoxy) is 2. The number of aliphatic hydroxyl groups is 1. The Morgan fingerprint density at radius 1 is 0.586 bits per heavy atom. The number of hydrogen-bond donors (Lipinski definition) is 12. The summed E-state index contributed by atoms with van der Waals surface area (Å²) in [5.74, 6) is -9.49. The zero-order chi connectivity index (χ0) is 71.8. The molecule has 0 unspecified atom stereocenters. The summed E-state index contributed by atoms with van der Waals surface area (Å²) >= 11 is 0. The number of benzene rings is 5. The van der Waals surface area contributed by atoms with Gasteiger partial charge >= 0.3 is 11.9 Å². The molecule has 6 bridgehead atoms. The zero-order valence-electron chi connectivity index (χ0n) is 56.9. The number of likely N-dealkylation sites (N-methyl/N-ethyl adjacent to an activating group) is 2. The molecule has 9 rings (SSSR count). The molecule has 4 aliphatic heterocycles. The van der Waals surface area contributed by atoms with Crippen LogP contribution in [0.1, 0.15) is 83.9 Å². The first-order valence-corrected chi connectivity index (χ1v) is 33.3. The van der Waals surface area contributed by atoms with Crippen molar-refractivity contribution in [3.05, 3.63) is 138 Å². The number of carboxylic acid groups (broad SMARTS) is 2. The predicted octanol–water partition coefficient (Wildman–Crippen LogP) is 1.54. The molecule has 0 aromatic heterocycles. The molecule has 9 amide bonds. The van der Waals surface area contributed by atoms with E-state index in [-0.39, 0.29) is 58.4 Å². The van der Waals surface area contributed by atoms with Crippen molar-refractivity contribution in [2.75, 3.05) is 40.4 Å². The molecule has 27 heteroatoms. The highest BCUT2D eigenvalue weighted by Crippen LogP contribution is 2.29. The number of hydrogen-bond acceptors (Lipinski definition) is 16. The van der Waals surface area contributed by atoms with E-state index in [4.69, 9.17) is 9.47 Å². The number of aliphatic carboxylic acids is 2. The SMILES string of the molecule is CN[C@@H](C)C(=O)N[C@H](C(=O)N1C[C@@H]2C[C@H]1C(=O)N[C@@H](Cc1ccc3ccccc3c1)C(=O)N[C@H](C(=O)O)CCC(=O)N[C@H]1C[C@@H](C(=O)N[C@@H](Cc3ccc4ccccc4c3)C(=O)N[C@H](C(=O)O)Cc3ccc(cc3)OC/C=C/CO2)N(C(=O)[C@@H](NC(=O)[C@H](C)NC)C(C)(C)C)C1)[C@H](C)O. The summed E-state index contributed by atoms with van der Waals surface area (Å²) in [6.45, 7) is 9.08. The maximum absolute atomic E-state index is 15.1. The van der Waals surface area contributed by atoms with E-state index in [1.807, 2.05) is 66.7 Å². The first-order valence-electron chi connectivity index (χ1n) is 33.3. The number of likely N-dealkylation sites (tertiary alicyclic amines) is 2. The molecule has 530 valence electrons. The van der Waals surface area contributed by atoms with Gasteiger partial charge in [0.15, 0.2) is 0 Å². The van der Waals surface area contributed by atoms with Crippen LogP contribution in [0.25, 0.3) is 21.5 Å². The molecule has 2 fully saturated rings. The van der Waals surface area contributed by atoms with Crippen LogP contribution in [-0.4, -0.2) is 209 Å². The molecule has 0 spiro atoms. The Balaban J connectivity index is 1.13. The van der Waals surface area contributed by atoms with Gasteiger partial charge in [0.2, 0.25) is 53.2 Å². The van der Waals surface area contributed by atoms with Crippen LogP contribution in [0.5, 0.6) is 5.75 Å². The Kier molecular flexibility index (Phi) is 25.8. The molecule has 4 aliphatic rings. The molecule has 0 radical (unpaired) electrons. The number of carbonyl (C=O) groups excluding carboxylic acids is 9. The topological polar surface area (TPSA) is 382 Å². The van der Waals surface area contributed by atoms with Crippen LogP contribution >= 0.6 is 0 Å². The van der Waals surface area contributed by atoms with E-state index in [0.717, 1.165) is 26.4 Å². The Morgan fingerprint density at radius 3 is 1.62 bits per heavy atom. The molecule has 0 saturated carbocycles. The lowest BCUT2D eigenvalue weighted by molar-refractivity contribution is -0.145. The molecule has 27 nitrogen and oxygen atoms in total. The minimum absolute atomic E-state index is 0.0364. The number of carbonyl (C=O) groups is 11. The van der Waals surface area contributed by atoms with E-state index in [2.05, 4.69) is 47.9 Å². The Morgan fingerprint density at radius 2 is 1.09 bits per heavy atom. The maximum atomic E-state index is 15.1. The van der Waals surface area contributed by atoms with E-state index in [9.17, 15) is 58.5 Å². The smallest absolute Gasteiger partial charge is 0.326 e. The second-order valence-electron chi connectivity index (χ2n) is 26.6. The van der Waals surface area contributed by atoms with Gasteiger partial charge in [-0.1, -0.05) is 124 Å². The fourth-order valence-corrected chi connectivity index (χ4v) is 12.2. The second kappa shape index (κ2) is 34.1. The summed E-state index contributed by atoms with van der Waals surface area (Å²) in [6, 6.07) is 17.8. The highest BCUT2D eigenvalue weighted by molar-refractivity contribution is 5.98. The molecule has 12 N–H and O–H groups in total. The van der Waals surface area contributed by atoms with Crippen LogP contribution in [0, 0.1) is 5.41 Å². The van der Waals surface area contributed by atoms with Gasteiger partial charge in [0.1, 0.15) is 60.7 Å². The molecular weight excluding hydrogens is 1270 g/mol. The van der Waals surface area contributed by atoms with Gasteiger partial charge in [-0.2, -0.15) is 0 Å². The van der Waals surface area contributed by atoms with E-state index < -0.39 is 162 Å². The third kappa shape index (κ3) is 20.2. The predicted molar refractivity (Wildman–Crippen MR) is 366 cm³/mol. The van der Waals surface area contributed by atoms with Gasteiger partial charge in [-0.05, 0) is 110 Å². The second-order valence-corrected chi connectivity index (χ2v) is 26.6. The molecule has 13 atom stereocenters. The number of amides is 9. The fourth-order valence-electron chi connectivity index (χ4n) is 12.2. The van der Waals surface area contributed by atoms with Gasteiger partial charge in [0, 0.05) is 51.2 Å². The lowest BCUT2D eigenvalue weighted by atomic mass is 9.85. The van der Waals surface area contributed by atoms with E-state index in [1.54, 1.807) is 96.3 Å². The Bertz CT molecular complexity index is 3800. The molecule has 5 aromatic carbocycles. The lowest BCUT2D eigenvalue weighted by Gasteiger charge is -2.36. The number of aliphatic hydroxyl groups excluding tert-OH is 1. The van der Waals surface area contributed by atoms with E-state index in [0.29, 0.717) is 22.4 Å². The minimum Gasteiger partial charge on any atom is -0.490 e. The monoisotopic (exact) mass is 1370 g/mol. The van der Waals surface area contributed by atoms with Gasteiger partial charge < -0.3 is 82.4 Å². The van der Waals surface area contributed by atoms with Crippen LogP contribution in [0.15, 0.2) is 121 Å². The van der Waals surface area contributed by atoms with Crippen molar-refractivity contribution in [1.29, 1.82) is 0 Å². The number of fused-ring (bicyclic) bond motifs is 23. The van der Waals surface area contributed by atoms with Gasteiger partial charge in [-0.3, -0.25) is 43.2 Å². The summed E-state index contributed by atoms with van der Waals surface area (Å²) in [4.78, 5) is 159. The molecule has 0 aliphatic carbocycles.